The average molecular weight is 275 g/mol. The monoisotopic (exact) mass is 275 g/mol. The molecule has 0 aliphatic heterocycles. The average Bonchev–Trinajstić information content (AvgIpc) is 3.36. The van der Waals surface area contributed by atoms with Crippen LogP contribution in [0.15, 0.2) is 18.2 Å². The Balaban J connectivity index is 1.76. The van der Waals surface area contributed by atoms with Crippen LogP contribution in [0.4, 0.5) is 0 Å². The highest BCUT2D eigenvalue weighted by Crippen LogP contribution is 2.45. The Kier molecular flexibility index (Phi) is 3.88. The fraction of sp³-hybridized carbons (Fsp3) is 0.647. The molecule has 2 aliphatic carbocycles. The summed E-state index contributed by atoms with van der Waals surface area (Å²) in [5.41, 5.74) is 1.19. The van der Waals surface area contributed by atoms with E-state index >= 15 is 0 Å². The molecule has 0 spiro atoms. The largest absolute Gasteiger partial charge is 0.497 e. The predicted octanol–water partition coefficient (Wildman–Crippen LogP) is 3.54. The zero-order chi connectivity index (χ0) is 14.1. The maximum atomic E-state index is 5.50. The van der Waals surface area contributed by atoms with Gasteiger partial charge in [0.05, 0.1) is 14.2 Å². The fourth-order valence-electron chi connectivity index (χ4n) is 3.12. The summed E-state index contributed by atoms with van der Waals surface area (Å²) in [6.45, 7) is 2.23. The first kappa shape index (κ1) is 13.7. The van der Waals surface area contributed by atoms with Crippen LogP contribution >= 0.6 is 0 Å². The first-order valence-electron chi connectivity index (χ1n) is 7.71. The van der Waals surface area contributed by atoms with Crippen molar-refractivity contribution in [3.8, 4) is 11.5 Å². The number of hydrogen-bond donors (Lipinski definition) is 1. The molecule has 0 heterocycles. The normalized spacial score (nSPS) is 20.0. The molecule has 1 aromatic carbocycles. The molecule has 3 rings (SSSR count). The molecule has 3 heteroatoms. The topological polar surface area (TPSA) is 30.5 Å². The Morgan fingerprint density at radius 2 is 1.70 bits per heavy atom. The summed E-state index contributed by atoms with van der Waals surface area (Å²) >= 11 is 0. The van der Waals surface area contributed by atoms with Gasteiger partial charge in [-0.25, -0.2) is 0 Å². The van der Waals surface area contributed by atoms with Gasteiger partial charge >= 0.3 is 0 Å². The number of methoxy groups -OCH3 is 2. The van der Waals surface area contributed by atoms with E-state index in [9.17, 15) is 0 Å². The van der Waals surface area contributed by atoms with Gasteiger partial charge in [0, 0.05) is 17.6 Å². The van der Waals surface area contributed by atoms with Gasteiger partial charge in [0.15, 0.2) is 0 Å². The van der Waals surface area contributed by atoms with Crippen molar-refractivity contribution < 1.29 is 9.47 Å². The molecule has 2 fully saturated rings. The fourth-order valence-corrected chi connectivity index (χ4v) is 3.12. The number of hydrogen-bond acceptors (Lipinski definition) is 3. The van der Waals surface area contributed by atoms with Crippen LogP contribution in [0, 0.1) is 11.8 Å². The summed E-state index contributed by atoms with van der Waals surface area (Å²) in [5.74, 6) is 3.64. The minimum atomic E-state index is 0.297. The lowest BCUT2D eigenvalue weighted by Gasteiger charge is -2.25. The van der Waals surface area contributed by atoms with Crippen LogP contribution in [-0.4, -0.2) is 20.3 Å². The van der Waals surface area contributed by atoms with Crippen molar-refractivity contribution in [2.24, 2.45) is 11.8 Å². The van der Waals surface area contributed by atoms with E-state index in [0.717, 1.165) is 23.3 Å². The molecule has 0 bridgehead atoms. The summed E-state index contributed by atoms with van der Waals surface area (Å²) in [7, 11) is 3.44. The van der Waals surface area contributed by atoms with Crippen molar-refractivity contribution in [3.05, 3.63) is 23.8 Å². The van der Waals surface area contributed by atoms with Crippen molar-refractivity contribution in [1.82, 2.24) is 5.32 Å². The van der Waals surface area contributed by atoms with Gasteiger partial charge < -0.3 is 14.8 Å². The highest BCUT2D eigenvalue weighted by molar-refractivity contribution is 5.42. The first-order chi connectivity index (χ1) is 9.72. The Bertz CT molecular complexity index is 454. The van der Waals surface area contributed by atoms with Gasteiger partial charge in [-0.05, 0) is 62.6 Å². The van der Waals surface area contributed by atoms with Crippen LogP contribution < -0.4 is 14.8 Å². The van der Waals surface area contributed by atoms with Crippen molar-refractivity contribution in [3.63, 3.8) is 0 Å². The third-order valence-corrected chi connectivity index (χ3v) is 4.61. The van der Waals surface area contributed by atoms with E-state index in [4.69, 9.17) is 9.47 Å². The molecule has 2 aliphatic rings. The molecule has 0 saturated heterocycles. The summed E-state index contributed by atoms with van der Waals surface area (Å²) in [4.78, 5) is 0. The van der Waals surface area contributed by atoms with E-state index in [1.165, 1.54) is 31.2 Å². The molecule has 1 atom stereocenters. The molecule has 110 valence electrons. The molecule has 3 nitrogen and oxygen atoms in total. The standard InChI is InChI=1S/C17H25NO2/c1-11(18-17(12-4-5-12)13-6-7-13)15-10-14(19-2)8-9-16(15)20-3/h8-13,17-18H,4-7H2,1-3H3. The second-order valence-corrected chi connectivity index (χ2v) is 6.20. The lowest BCUT2D eigenvalue weighted by atomic mass is 10.0. The molecule has 1 N–H and O–H groups in total. The molecule has 0 amide bonds. The highest BCUT2D eigenvalue weighted by Gasteiger charge is 2.41. The predicted molar refractivity (Wildman–Crippen MR) is 80.3 cm³/mol. The first-order valence-corrected chi connectivity index (χ1v) is 7.71. The lowest BCUT2D eigenvalue weighted by Crippen LogP contribution is -2.35. The van der Waals surface area contributed by atoms with Gasteiger partial charge in [0.2, 0.25) is 0 Å². The molecule has 0 radical (unpaired) electrons. The Labute approximate surface area is 121 Å². The van der Waals surface area contributed by atoms with Gasteiger partial charge in [-0.15, -0.1) is 0 Å². The maximum absolute atomic E-state index is 5.50. The van der Waals surface area contributed by atoms with Gasteiger partial charge in [0.1, 0.15) is 11.5 Å². The summed E-state index contributed by atoms with van der Waals surface area (Å²) in [5, 5.41) is 3.85. The molecule has 20 heavy (non-hydrogen) atoms. The Hall–Kier alpha value is -1.22. The van der Waals surface area contributed by atoms with Gasteiger partial charge in [-0.2, -0.15) is 0 Å². The van der Waals surface area contributed by atoms with Crippen molar-refractivity contribution in [2.45, 2.75) is 44.7 Å². The summed E-state index contributed by atoms with van der Waals surface area (Å²) in [6.07, 6.45) is 5.60. The van der Waals surface area contributed by atoms with E-state index in [1.807, 2.05) is 12.1 Å². The Morgan fingerprint density at radius 3 is 2.20 bits per heavy atom. The lowest BCUT2D eigenvalue weighted by molar-refractivity contribution is 0.358. The van der Waals surface area contributed by atoms with E-state index in [-0.39, 0.29) is 0 Å². The molecule has 0 aromatic heterocycles. The minimum Gasteiger partial charge on any atom is -0.497 e. The van der Waals surface area contributed by atoms with Crippen molar-refractivity contribution in [1.29, 1.82) is 0 Å². The number of benzene rings is 1. The maximum Gasteiger partial charge on any atom is 0.123 e. The van der Waals surface area contributed by atoms with Crippen LogP contribution in [-0.2, 0) is 0 Å². The minimum absolute atomic E-state index is 0.297. The zero-order valence-electron chi connectivity index (χ0n) is 12.7. The van der Waals surface area contributed by atoms with E-state index in [1.54, 1.807) is 14.2 Å². The van der Waals surface area contributed by atoms with Gasteiger partial charge in [-0.1, -0.05) is 0 Å². The number of nitrogens with one attached hydrogen (secondary N) is 1. The number of ether oxygens (including phenoxy) is 2. The highest BCUT2D eigenvalue weighted by atomic mass is 16.5. The van der Waals surface area contributed by atoms with E-state index in [0.29, 0.717) is 12.1 Å². The van der Waals surface area contributed by atoms with Crippen LogP contribution in [0.1, 0.15) is 44.2 Å². The summed E-state index contributed by atoms with van der Waals surface area (Å²) < 4.78 is 10.8. The summed E-state index contributed by atoms with van der Waals surface area (Å²) in [6, 6.07) is 7.03. The SMILES string of the molecule is COc1ccc(OC)c(C(C)NC(C2CC2)C2CC2)c1. The molecule has 2 saturated carbocycles. The smallest absolute Gasteiger partial charge is 0.123 e. The second-order valence-electron chi connectivity index (χ2n) is 6.20. The second kappa shape index (κ2) is 5.65. The zero-order valence-corrected chi connectivity index (χ0v) is 12.7. The quantitative estimate of drug-likeness (QED) is 0.825. The Morgan fingerprint density at radius 1 is 1.05 bits per heavy atom. The van der Waals surface area contributed by atoms with Crippen molar-refractivity contribution in [2.75, 3.05) is 14.2 Å². The van der Waals surface area contributed by atoms with E-state index < -0.39 is 0 Å². The molecular weight excluding hydrogens is 250 g/mol. The van der Waals surface area contributed by atoms with Gasteiger partial charge in [0.25, 0.3) is 0 Å². The number of rotatable bonds is 7. The van der Waals surface area contributed by atoms with Crippen LogP contribution in [0.2, 0.25) is 0 Å². The molecular formula is C17H25NO2. The van der Waals surface area contributed by atoms with Crippen molar-refractivity contribution >= 4 is 0 Å². The molecule has 1 aromatic rings. The molecule has 1 unspecified atom stereocenters. The van der Waals surface area contributed by atoms with Gasteiger partial charge in [-0.3, -0.25) is 0 Å². The van der Waals surface area contributed by atoms with E-state index in [2.05, 4.69) is 18.3 Å². The third-order valence-electron chi connectivity index (χ3n) is 4.61. The third kappa shape index (κ3) is 2.93. The van der Waals surface area contributed by atoms with Crippen LogP contribution in [0.5, 0.6) is 11.5 Å². The van der Waals surface area contributed by atoms with Crippen LogP contribution in [0.25, 0.3) is 0 Å². The van der Waals surface area contributed by atoms with Crippen LogP contribution in [0.3, 0.4) is 0 Å².